The molecule has 2 amide bonds. The van der Waals surface area contributed by atoms with Gasteiger partial charge in [-0.2, -0.15) is 0 Å². The molecule has 2 N–H and O–H groups in total. The minimum Gasteiger partial charge on any atom is -0.321 e. The molecule has 0 fully saturated rings. The third-order valence-electron chi connectivity index (χ3n) is 3.95. The quantitative estimate of drug-likeness (QED) is 0.658. The van der Waals surface area contributed by atoms with E-state index < -0.39 is 0 Å². The van der Waals surface area contributed by atoms with Crippen LogP contribution in [0, 0.1) is 13.8 Å². The smallest absolute Gasteiger partial charge is 0.275 e. The molecule has 1 heterocycles. The van der Waals surface area contributed by atoms with Gasteiger partial charge in [0.15, 0.2) is 5.13 Å². The minimum absolute atomic E-state index is 0.116. The van der Waals surface area contributed by atoms with E-state index in [-0.39, 0.29) is 17.5 Å². The number of aromatic nitrogens is 1. The first-order chi connectivity index (χ1) is 13.0. The summed E-state index contributed by atoms with van der Waals surface area (Å²) >= 11 is 1.24. The van der Waals surface area contributed by atoms with E-state index in [1.807, 2.05) is 62.4 Å². The molecule has 1 aromatic heterocycles. The SMILES string of the molecule is Cc1cc(C)cc(NC(=O)c2csc(NC(=O)CCc3ccccc3)n2)c1. The average molecular weight is 379 g/mol. The number of benzene rings is 2. The summed E-state index contributed by atoms with van der Waals surface area (Å²) in [6.07, 6.45) is 1.03. The van der Waals surface area contributed by atoms with Crippen molar-refractivity contribution in [2.75, 3.05) is 10.6 Å². The molecule has 0 saturated heterocycles. The lowest BCUT2D eigenvalue weighted by Gasteiger charge is -2.06. The second-order valence-electron chi connectivity index (χ2n) is 6.40. The van der Waals surface area contributed by atoms with Gasteiger partial charge < -0.3 is 10.6 Å². The van der Waals surface area contributed by atoms with E-state index in [0.717, 1.165) is 22.4 Å². The van der Waals surface area contributed by atoms with Gasteiger partial charge >= 0.3 is 0 Å². The van der Waals surface area contributed by atoms with E-state index in [1.54, 1.807) is 5.38 Å². The number of anilines is 2. The summed E-state index contributed by atoms with van der Waals surface area (Å²) in [5.41, 5.74) is 4.29. The molecular weight excluding hydrogens is 358 g/mol. The summed E-state index contributed by atoms with van der Waals surface area (Å²) in [4.78, 5) is 28.7. The number of aryl methyl sites for hydroxylation is 3. The van der Waals surface area contributed by atoms with Gasteiger partial charge in [-0.15, -0.1) is 11.3 Å². The Morgan fingerprint density at radius 3 is 2.41 bits per heavy atom. The van der Waals surface area contributed by atoms with Gasteiger partial charge in [-0.25, -0.2) is 4.98 Å². The lowest BCUT2D eigenvalue weighted by molar-refractivity contribution is -0.116. The maximum atomic E-state index is 12.4. The van der Waals surface area contributed by atoms with E-state index >= 15 is 0 Å². The fourth-order valence-electron chi connectivity index (χ4n) is 2.76. The molecule has 0 unspecified atom stereocenters. The van der Waals surface area contributed by atoms with Crippen molar-refractivity contribution >= 4 is 34.0 Å². The van der Waals surface area contributed by atoms with Crippen LogP contribution in [0.4, 0.5) is 10.8 Å². The zero-order chi connectivity index (χ0) is 19.2. The highest BCUT2D eigenvalue weighted by Gasteiger charge is 2.13. The Morgan fingerprint density at radius 2 is 1.70 bits per heavy atom. The molecule has 0 aliphatic carbocycles. The Morgan fingerprint density at radius 1 is 1.00 bits per heavy atom. The van der Waals surface area contributed by atoms with E-state index in [9.17, 15) is 9.59 Å². The summed E-state index contributed by atoms with van der Waals surface area (Å²) in [7, 11) is 0. The van der Waals surface area contributed by atoms with Crippen LogP contribution in [0.3, 0.4) is 0 Å². The van der Waals surface area contributed by atoms with Crippen molar-refractivity contribution in [2.45, 2.75) is 26.7 Å². The van der Waals surface area contributed by atoms with Crippen molar-refractivity contribution in [3.8, 4) is 0 Å². The third-order valence-corrected chi connectivity index (χ3v) is 4.70. The second kappa shape index (κ2) is 8.60. The monoisotopic (exact) mass is 379 g/mol. The highest BCUT2D eigenvalue weighted by Crippen LogP contribution is 2.19. The lowest BCUT2D eigenvalue weighted by Crippen LogP contribution is -2.14. The molecule has 0 atom stereocenters. The number of carbonyl (C=O) groups is 2. The molecule has 5 nitrogen and oxygen atoms in total. The number of carbonyl (C=O) groups excluding carboxylic acids is 2. The predicted molar refractivity (Wildman–Crippen MR) is 109 cm³/mol. The Labute approximate surface area is 162 Å². The topological polar surface area (TPSA) is 71.1 Å². The minimum atomic E-state index is -0.291. The van der Waals surface area contributed by atoms with Gasteiger partial charge in [0, 0.05) is 17.5 Å². The van der Waals surface area contributed by atoms with Gasteiger partial charge in [0.1, 0.15) is 5.69 Å². The highest BCUT2D eigenvalue weighted by molar-refractivity contribution is 7.14. The molecule has 2 aromatic carbocycles. The van der Waals surface area contributed by atoms with Crippen molar-refractivity contribution < 1.29 is 9.59 Å². The van der Waals surface area contributed by atoms with E-state index in [0.29, 0.717) is 18.0 Å². The van der Waals surface area contributed by atoms with Crippen molar-refractivity contribution in [1.29, 1.82) is 0 Å². The van der Waals surface area contributed by atoms with Crippen LogP contribution in [0.15, 0.2) is 53.9 Å². The second-order valence-corrected chi connectivity index (χ2v) is 7.26. The molecule has 0 spiro atoms. The van der Waals surface area contributed by atoms with Gasteiger partial charge in [0.2, 0.25) is 5.91 Å². The van der Waals surface area contributed by atoms with E-state index in [2.05, 4.69) is 15.6 Å². The summed E-state index contributed by atoms with van der Waals surface area (Å²) < 4.78 is 0. The van der Waals surface area contributed by atoms with Crippen LogP contribution in [0.1, 0.15) is 33.6 Å². The highest BCUT2D eigenvalue weighted by atomic mass is 32.1. The van der Waals surface area contributed by atoms with Crippen LogP contribution in [0.2, 0.25) is 0 Å². The molecule has 138 valence electrons. The molecule has 6 heteroatoms. The first kappa shape index (κ1) is 18.8. The van der Waals surface area contributed by atoms with Gasteiger partial charge in [-0.3, -0.25) is 9.59 Å². The first-order valence-electron chi connectivity index (χ1n) is 8.68. The van der Waals surface area contributed by atoms with Crippen LogP contribution in [-0.2, 0) is 11.2 Å². The molecule has 27 heavy (non-hydrogen) atoms. The molecule has 3 rings (SSSR count). The van der Waals surface area contributed by atoms with E-state index in [1.165, 1.54) is 11.3 Å². The lowest BCUT2D eigenvalue weighted by atomic mass is 10.1. The van der Waals surface area contributed by atoms with Crippen molar-refractivity contribution in [1.82, 2.24) is 4.98 Å². The molecule has 0 aliphatic rings. The van der Waals surface area contributed by atoms with Crippen LogP contribution in [0.5, 0.6) is 0 Å². The van der Waals surface area contributed by atoms with Crippen LogP contribution < -0.4 is 10.6 Å². The normalized spacial score (nSPS) is 10.4. The van der Waals surface area contributed by atoms with Gasteiger partial charge in [-0.1, -0.05) is 36.4 Å². The van der Waals surface area contributed by atoms with Crippen molar-refractivity contribution in [2.24, 2.45) is 0 Å². The van der Waals surface area contributed by atoms with Crippen molar-refractivity contribution in [3.63, 3.8) is 0 Å². The Hall–Kier alpha value is -2.99. The zero-order valence-corrected chi connectivity index (χ0v) is 16.1. The Balaban J connectivity index is 1.55. The maximum absolute atomic E-state index is 12.4. The summed E-state index contributed by atoms with van der Waals surface area (Å²) in [5.74, 6) is -0.407. The first-order valence-corrected chi connectivity index (χ1v) is 9.56. The number of amides is 2. The summed E-state index contributed by atoms with van der Waals surface area (Å²) in [6.45, 7) is 3.96. The predicted octanol–water partition coefficient (Wildman–Crippen LogP) is 4.58. The van der Waals surface area contributed by atoms with Gasteiger partial charge in [0.05, 0.1) is 0 Å². The third kappa shape index (κ3) is 5.49. The average Bonchev–Trinajstić information content (AvgIpc) is 3.08. The maximum Gasteiger partial charge on any atom is 0.275 e. The standard InChI is InChI=1S/C21H21N3O2S/c1-14-10-15(2)12-17(11-14)22-20(26)18-13-27-21(23-18)24-19(25)9-8-16-6-4-3-5-7-16/h3-7,10-13H,8-9H2,1-2H3,(H,22,26)(H,23,24,25). The number of nitrogens with one attached hydrogen (secondary N) is 2. The Bertz CT molecular complexity index is 931. The fraction of sp³-hybridized carbons (Fsp3) is 0.190. The zero-order valence-electron chi connectivity index (χ0n) is 15.3. The molecule has 0 bridgehead atoms. The Kier molecular flexibility index (Phi) is 5.98. The molecule has 0 aliphatic heterocycles. The van der Waals surface area contributed by atoms with Gasteiger partial charge in [0.25, 0.3) is 5.91 Å². The summed E-state index contributed by atoms with van der Waals surface area (Å²) in [5, 5.41) is 7.68. The van der Waals surface area contributed by atoms with Gasteiger partial charge in [-0.05, 0) is 49.1 Å². The molecular formula is C21H21N3O2S. The van der Waals surface area contributed by atoms with Crippen LogP contribution >= 0.6 is 11.3 Å². The summed E-state index contributed by atoms with van der Waals surface area (Å²) in [6, 6.07) is 15.7. The van der Waals surface area contributed by atoms with Crippen molar-refractivity contribution in [3.05, 3.63) is 76.3 Å². The number of thiazole rings is 1. The molecule has 3 aromatic rings. The molecule has 0 saturated carbocycles. The number of hydrogen-bond donors (Lipinski definition) is 2. The number of nitrogens with zero attached hydrogens (tertiary/aromatic N) is 1. The molecule has 0 radical (unpaired) electrons. The van der Waals surface area contributed by atoms with Crippen LogP contribution in [0.25, 0.3) is 0 Å². The fourth-order valence-corrected chi connectivity index (χ4v) is 3.47. The largest absolute Gasteiger partial charge is 0.321 e. The van der Waals surface area contributed by atoms with Crippen LogP contribution in [-0.4, -0.2) is 16.8 Å². The number of hydrogen-bond acceptors (Lipinski definition) is 4. The number of rotatable bonds is 6. The van der Waals surface area contributed by atoms with E-state index in [4.69, 9.17) is 0 Å².